The van der Waals surface area contributed by atoms with E-state index in [2.05, 4.69) is 20.9 Å². The summed E-state index contributed by atoms with van der Waals surface area (Å²) in [7, 11) is 0. The van der Waals surface area contributed by atoms with E-state index in [0.29, 0.717) is 10.0 Å². The van der Waals surface area contributed by atoms with Gasteiger partial charge in [0.25, 0.3) is 0 Å². The number of pyridine rings is 1. The third-order valence-electron chi connectivity index (χ3n) is 1.09. The third-order valence-corrected chi connectivity index (χ3v) is 3.07. The molecule has 0 aliphatic rings. The molecule has 1 rings (SSSR count). The molecule has 0 aliphatic heterocycles. The standard InChI is InChI=1S/C6H4BrCl2N/c1-3-5(7)6(9)4(8)2-10-3/h2H,1H3. The summed E-state index contributed by atoms with van der Waals surface area (Å²) in [5.41, 5.74) is 0.842. The fourth-order valence-corrected chi connectivity index (χ4v) is 1.29. The van der Waals surface area contributed by atoms with Gasteiger partial charge in [-0.05, 0) is 22.9 Å². The third kappa shape index (κ3) is 1.44. The Balaban J connectivity index is 3.34. The Bertz CT molecular complexity index is 235. The lowest BCUT2D eigenvalue weighted by molar-refractivity contribution is 1.18. The lowest BCUT2D eigenvalue weighted by Gasteiger charge is -1.99. The average molecular weight is 241 g/mol. The zero-order chi connectivity index (χ0) is 7.72. The van der Waals surface area contributed by atoms with Crippen molar-refractivity contribution in [1.82, 2.24) is 4.98 Å². The molecule has 0 bridgehead atoms. The highest BCUT2D eigenvalue weighted by Gasteiger charge is 2.04. The van der Waals surface area contributed by atoms with Crippen LogP contribution in [-0.4, -0.2) is 4.98 Å². The monoisotopic (exact) mass is 239 g/mol. The van der Waals surface area contributed by atoms with Crippen molar-refractivity contribution in [3.05, 3.63) is 26.4 Å². The van der Waals surface area contributed by atoms with Crippen LogP contribution in [0.25, 0.3) is 0 Å². The van der Waals surface area contributed by atoms with Gasteiger partial charge in [0, 0.05) is 6.20 Å². The minimum atomic E-state index is 0.471. The number of aromatic nitrogens is 1. The highest BCUT2D eigenvalue weighted by atomic mass is 79.9. The Labute approximate surface area is 77.5 Å². The molecule has 1 nitrogen and oxygen atoms in total. The Morgan fingerprint density at radius 1 is 1.50 bits per heavy atom. The van der Waals surface area contributed by atoms with Crippen LogP contribution in [0.5, 0.6) is 0 Å². The van der Waals surface area contributed by atoms with Crippen molar-refractivity contribution in [1.29, 1.82) is 0 Å². The lowest BCUT2D eigenvalue weighted by Crippen LogP contribution is -1.83. The number of hydrogen-bond acceptors (Lipinski definition) is 1. The first-order chi connectivity index (χ1) is 4.63. The van der Waals surface area contributed by atoms with Crippen molar-refractivity contribution in [2.24, 2.45) is 0 Å². The summed E-state index contributed by atoms with van der Waals surface area (Å²) in [5, 5.41) is 0.994. The largest absolute Gasteiger partial charge is 0.259 e. The van der Waals surface area contributed by atoms with E-state index in [1.165, 1.54) is 6.20 Å². The summed E-state index contributed by atoms with van der Waals surface area (Å²) in [6, 6.07) is 0. The maximum atomic E-state index is 5.76. The molecule has 0 aliphatic carbocycles. The summed E-state index contributed by atoms with van der Waals surface area (Å²) in [6.45, 7) is 1.85. The topological polar surface area (TPSA) is 12.9 Å². The molecule has 0 N–H and O–H groups in total. The number of rotatable bonds is 0. The first-order valence-corrected chi connectivity index (χ1v) is 4.14. The van der Waals surface area contributed by atoms with Gasteiger partial charge < -0.3 is 0 Å². The van der Waals surface area contributed by atoms with Gasteiger partial charge in [0.15, 0.2) is 0 Å². The van der Waals surface area contributed by atoms with Gasteiger partial charge in [-0.3, -0.25) is 4.98 Å². The summed E-state index contributed by atoms with van der Waals surface area (Å²) >= 11 is 14.7. The van der Waals surface area contributed by atoms with Crippen LogP contribution in [0.3, 0.4) is 0 Å². The van der Waals surface area contributed by atoms with Crippen molar-refractivity contribution in [2.45, 2.75) is 6.92 Å². The maximum absolute atomic E-state index is 5.76. The van der Waals surface area contributed by atoms with Crippen LogP contribution in [0.2, 0.25) is 10.0 Å². The highest BCUT2D eigenvalue weighted by Crippen LogP contribution is 2.30. The summed E-state index contributed by atoms with van der Waals surface area (Å²) in [4.78, 5) is 3.98. The van der Waals surface area contributed by atoms with Crippen LogP contribution in [0.1, 0.15) is 5.69 Å². The highest BCUT2D eigenvalue weighted by molar-refractivity contribution is 9.10. The van der Waals surface area contributed by atoms with Gasteiger partial charge in [0.1, 0.15) is 0 Å². The Kier molecular flexibility index (Phi) is 2.55. The van der Waals surface area contributed by atoms with Crippen molar-refractivity contribution < 1.29 is 0 Å². The minimum absolute atomic E-state index is 0.471. The number of halogens is 3. The van der Waals surface area contributed by atoms with Gasteiger partial charge in [-0.2, -0.15) is 0 Å². The molecule has 0 spiro atoms. The molecule has 0 radical (unpaired) electrons. The quantitative estimate of drug-likeness (QED) is 0.677. The van der Waals surface area contributed by atoms with Crippen LogP contribution in [-0.2, 0) is 0 Å². The van der Waals surface area contributed by atoms with E-state index in [1.807, 2.05) is 6.92 Å². The Hall–Kier alpha value is 0.210. The average Bonchev–Trinajstić information content (AvgIpc) is 1.93. The second kappa shape index (κ2) is 3.07. The van der Waals surface area contributed by atoms with E-state index in [9.17, 15) is 0 Å². The molecule has 0 amide bonds. The molecule has 0 saturated heterocycles. The molecule has 54 valence electrons. The van der Waals surface area contributed by atoms with Crippen molar-refractivity contribution in [3.63, 3.8) is 0 Å². The molecule has 0 saturated carbocycles. The first-order valence-electron chi connectivity index (χ1n) is 2.59. The van der Waals surface area contributed by atoms with Crippen molar-refractivity contribution >= 4 is 39.1 Å². The first kappa shape index (κ1) is 8.31. The molecule has 0 atom stereocenters. The molecule has 1 heterocycles. The molecule has 0 aromatic carbocycles. The van der Waals surface area contributed by atoms with E-state index in [0.717, 1.165) is 10.2 Å². The Morgan fingerprint density at radius 3 is 2.60 bits per heavy atom. The molecule has 0 fully saturated rings. The van der Waals surface area contributed by atoms with Gasteiger partial charge in [-0.15, -0.1) is 0 Å². The van der Waals surface area contributed by atoms with E-state index >= 15 is 0 Å². The normalized spacial score (nSPS) is 10.0. The van der Waals surface area contributed by atoms with Crippen molar-refractivity contribution in [3.8, 4) is 0 Å². The zero-order valence-electron chi connectivity index (χ0n) is 5.16. The fraction of sp³-hybridized carbons (Fsp3) is 0.167. The fourth-order valence-electron chi connectivity index (χ4n) is 0.531. The minimum Gasteiger partial charge on any atom is -0.259 e. The van der Waals surface area contributed by atoms with Gasteiger partial charge >= 0.3 is 0 Å². The zero-order valence-corrected chi connectivity index (χ0v) is 8.26. The van der Waals surface area contributed by atoms with Crippen LogP contribution in [0.4, 0.5) is 0 Å². The van der Waals surface area contributed by atoms with Gasteiger partial charge in [-0.1, -0.05) is 23.2 Å². The maximum Gasteiger partial charge on any atom is 0.0787 e. The molecular formula is C6H4BrCl2N. The Morgan fingerprint density at radius 2 is 2.10 bits per heavy atom. The van der Waals surface area contributed by atoms with E-state index in [1.54, 1.807) is 0 Å². The van der Waals surface area contributed by atoms with E-state index in [4.69, 9.17) is 23.2 Å². The van der Waals surface area contributed by atoms with Crippen LogP contribution >= 0.6 is 39.1 Å². The summed E-state index contributed by atoms with van der Waals surface area (Å²) in [5.74, 6) is 0. The van der Waals surface area contributed by atoms with Crippen LogP contribution < -0.4 is 0 Å². The van der Waals surface area contributed by atoms with E-state index < -0.39 is 0 Å². The number of hydrogen-bond donors (Lipinski definition) is 0. The van der Waals surface area contributed by atoms with Crippen LogP contribution in [0.15, 0.2) is 10.7 Å². The molecule has 0 unspecified atom stereocenters. The van der Waals surface area contributed by atoms with Gasteiger partial charge in [0.2, 0.25) is 0 Å². The smallest absolute Gasteiger partial charge is 0.0787 e. The summed E-state index contributed by atoms with van der Waals surface area (Å²) < 4.78 is 0.765. The SMILES string of the molecule is Cc1ncc(Cl)c(Cl)c1Br. The van der Waals surface area contributed by atoms with Crippen molar-refractivity contribution in [2.75, 3.05) is 0 Å². The summed E-state index contributed by atoms with van der Waals surface area (Å²) in [6.07, 6.45) is 1.53. The molecule has 10 heavy (non-hydrogen) atoms. The number of aryl methyl sites for hydroxylation is 1. The van der Waals surface area contributed by atoms with E-state index in [-0.39, 0.29) is 0 Å². The predicted octanol–water partition coefficient (Wildman–Crippen LogP) is 3.46. The second-order valence-corrected chi connectivity index (χ2v) is 3.40. The van der Waals surface area contributed by atoms with Crippen LogP contribution in [0, 0.1) is 6.92 Å². The molecule has 1 aromatic heterocycles. The molecule has 1 aromatic rings. The number of nitrogens with zero attached hydrogens (tertiary/aromatic N) is 1. The molecule has 4 heteroatoms. The molecular weight excluding hydrogens is 237 g/mol. The predicted molar refractivity (Wildman–Crippen MR) is 46.7 cm³/mol. The van der Waals surface area contributed by atoms with Gasteiger partial charge in [-0.25, -0.2) is 0 Å². The second-order valence-electron chi connectivity index (χ2n) is 1.82. The lowest BCUT2D eigenvalue weighted by atomic mass is 10.4. The van der Waals surface area contributed by atoms with Gasteiger partial charge in [0.05, 0.1) is 20.2 Å².